The van der Waals surface area contributed by atoms with Gasteiger partial charge in [-0.15, -0.1) is 0 Å². The van der Waals surface area contributed by atoms with E-state index in [0.717, 1.165) is 39.5 Å². The van der Waals surface area contributed by atoms with Gasteiger partial charge in [0.25, 0.3) is 0 Å². The standard InChI is InChI=1S/C22H23BN4O/c1-15-14-19(10-7-17-5-8-18(9-6-17)25-16(2)28)26-22(15)20(11-12-24)21-4-3-13-27(21)23/h3-10,13-14H,11-12,24H2,1-2H3,(H,25,28)/b10-7+,22-20-. The Labute approximate surface area is 166 Å². The van der Waals surface area contributed by atoms with Gasteiger partial charge in [-0.2, -0.15) is 0 Å². The van der Waals surface area contributed by atoms with Gasteiger partial charge in [-0.05, 0) is 73.6 Å². The minimum Gasteiger partial charge on any atom is -0.403 e. The van der Waals surface area contributed by atoms with E-state index in [1.165, 1.54) is 6.92 Å². The van der Waals surface area contributed by atoms with Gasteiger partial charge in [-0.25, -0.2) is 4.99 Å². The Balaban J connectivity index is 1.85. The highest BCUT2D eigenvalue weighted by Gasteiger charge is 2.16. The van der Waals surface area contributed by atoms with Crippen LogP contribution in [0.2, 0.25) is 0 Å². The highest BCUT2D eigenvalue weighted by atomic mass is 16.1. The second kappa shape index (κ2) is 8.72. The molecule has 2 heterocycles. The van der Waals surface area contributed by atoms with Crippen LogP contribution < -0.4 is 11.1 Å². The van der Waals surface area contributed by atoms with Crippen molar-refractivity contribution < 1.29 is 4.79 Å². The van der Waals surface area contributed by atoms with E-state index in [1.807, 2.05) is 61.7 Å². The molecule has 2 aromatic rings. The van der Waals surface area contributed by atoms with Gasteiger partial charge in [0.2, 0.25) is 13.9 Å². The van der Waals surface area contributed by atoms with Gasteiger partial charge in [0.15, 0.2) is 0 Å². The number of carbonyl (C=O) groups excluding carboxylic acids is 1. The number of allylic oxidation sites excluding steroid dienone is 3. The van der Waals surface area contributed by atoms with Crippen LogP contribution in [-0.2, 0) is 4.79 Å². The minimum atomic E-state index is -0.0829. The molecular formula is C22H23BN4O. The van der Waals surface area contributed by atoms with Gasteiger partial charge in [-0.1, -0.05) is 18.2 Å². The molecule has 3 N–H and O–H groups in total. The molecule has 1 amide bonds. The van der Waals surface area contributed by atoms with Crippen LogP contribution in [-0.4, -0.2) is 30.6 Å². The molecule has 1 aromatic carbocycles. The summed E-state index contributed by atoms with van der Waals surface area (Å²) in [5.41, 5.74) is 12.5. The maximum Gasteiger partial charge on any atom is 0.234 e. The molecule has 1 aliphatic heterocycles. The van der Waals surface area contributed by atoms with Gasteiger partial charge in [0, 0.05) is 23.9 Å². The summed E-state index contributed by atoms with van der Waals surface area (Å²) in [7, 11) is 6.03. The van der Waals surface area contributed by atoms with E-state index in [2.05, 4.69) is 11.4 Å². The van der Waals surface area contributed by atoms with E-state index in [0.29, 0.717) is 13.0 Å². The first kappa shape index (κ1) is 19.6. The fourth-order valence-electron chi connectivity index (χ4n) is 3.15. The summed E-state index contributed by atoms with van der Waals surface area (Å²) in [5.74, 6) is -0.0829. The molecule has 0 unspecified atom stereocenters. The number of aliphatic imine (C=N–C) groups is 1. The molecule has 5 nitrogen and oxygen atoms in total. The first-order valence-electron chi connectivity index (χ1n) is 9.17. The Morgan fingerprint density at radius 1 is 1.25 bits per heavy atom. The summed E-state index contributed by atoms with van der Waals surface area (Å²) < 4.78 is 1.60. The van der Waals surface area contributed by atoms with Crippen molar-refractivity contribution in [2.45, 2.75) is 20.3 Å². The Morgan fingerprint density at radius 2 is 2.00 bits per heavy atom. The monoisotopic (exact) mass is 370 g/mol. The second-order valence-corrected chi connectivity index (χ2v) is 6.67. The van der Waals surface area contributed by atoms with E-state index in [-0.39, 0.29) is 5.91 Å². The number of nitrogens with one attached hydrogen (secondary N) is 1. The number of amides is 1. The van der Waals surface area contributed by atoms with Crippen molar-refractivity contribution in [1.29, 1.82) is 0 Å². The molecule has 0 atom stereocenters. The molecule has 6 heteroatoms. The molecule has 28 heavy (non-hydrogen) atoms. The maximum absolute atomic E-state index is 11.1. The lowest BCUT2D eigenvalue weighted by Gasteiger charge is -2.11. The Morgan fingerprint density at radius 3 is 2.61 bits per heavy atom. The molecular weight excluding hydrogens is 347 g/mol. The third kappa shape index (κ3) is 4.59. The summed E-state index contributed by atoms with van der Waals surface area (Å²) in [6.07, 6.45) is 8.54. The summed E-state index contributed by atoms with van der Waals surface area (Å²) in [4.78, 5) is 15.9. The third-order valence-electron chi connectivity index (χ3n) is 4.42. The predicted octanol–water partition coefficient (Wildman–Crippen LogP) is 3.55. The summed E-state index contributed by atoms with van der Waals surface area (Å²) in [6, 6.07) is 11.5. The molecule has 0 spiro atoms. The second-order valence-electron chi connectivity index (χ2n) is 6.67. The van der Waals surface area contributed by atoms with Crippen LogP contribution in [0.5, 0.6) is 0 Å². The molecule has 0 aliphatic carbocycles. The summed E-state index contributed by atoms with van der Waals surface area (Å²) in [5, 5.41) is 2.76. The van der Waals surface area contributed by atoms with E-state index in [1.54, 1.807) is 4.48 Å². The molecule has 0 bridgehead atoms. The van der Waals surface area contributed by atoms with E-state index < -0.39 is 0 Å². The average molecular weight is 370 g/mol. The molecule has 2 radical (unpaired) electrons. The number of hydrogen-bond acceptors (Lipinski definition) is 3. The van der Waals surface area contributed by atoms with E-state index >= 15 is 0 Å². The van der Waals surface area contributed by atoms with Crippen molar-refractivity contribution in [2.24, 2.45) is 10.7 Å². The van der Waals surface area contributed by atoms with Crippen LogP contribution in [0.3, 0.4) is 0 Å². The normalized spacial score (nSPS) is 15.5. The zero-order valence-electron chi connectivity index (χ0n) is 16.1. The largest absolute Gasteiger partial charge is 0.403 e. The Kier molecular flexibility index (Phi) is 6.11. The molecule has 0 fully saturated rings. The highest BCUT2D eigenvalue weighted by Crippen LogP contribution is 2.31. The summed E-state index contributed by atoms with van der Waals surface area (Å²) in [6.45, 7) is 4.06. The topological polar surface area (TPSA) is 72.4 Å². The van der Waals surface area contributed by atoms with Crippen molar-refractivity contribution in [2.75, 3.05) is 11.9 Å². The van der Waals surface area contributed by atoms with Crippen molar-refractivity contribution in [3.63, 3.8) is 0 Å². The Hall–Kier alpha value is -3.12. The number of hydrogen-bond donors (Lipinski definition) is 2. The molecule has 1 aliphatic rings. The molecule has 1 aromatic heterocycles. The lowest BCUT2D eigenvalue weighted by molar-refractivity contribution is -0.114. The van der Waals surface area contributed by atoms with Crippen molar-refractivity contribution in [3.05, 3.63) is 77.3 Å². The first-order chi connectivity index (χ1) is 13.5. The molecule has 0 saturated heterocycles. The van der Waals surface area contributed by atoms with Crippen molar-refractivity contribution in [3.8, 4) is 0 Å². The van der Waals surface area contributed by atoms with Crippen LogP contribution in [0.25, 0.3) is 11.6 Å². The fraction of sp³-hybridized carbons (Fsp3) is 0.182. The zero-order chi connectivity index (χ0) is 20.1. The minimum absolute atomic E-state index is 0.0829. The quantitative estimate of drug-likeness (QED) is 0.764. The average Bonchev–Trinajstić information content (AvgIpc) is 3.24. The fourth-order valence-corrected chi connectivity index (χ4v) is 3.15. The lowest BCUT2D eigenvalue weighted by atomic mass is 10.0. The van der Waals surface area contributed by atoms with E-state index in [4.69, 9.17) is 18.7 Å². The lowest BCUT2D eigenvalue weighted by Crippen LogP contribution is -2.05. The zero-order valence-corrected chi connectivity index (χ0v) is 16.1. The van der Waals surface area contributed by atoms with Crippen LogP contribution in [0.1, 0.15) is 31.5 Å². The van der Waals surface area contributed by atoms with Crippen LogP contribution in [0, 0.1) is 0 Å². The number of nitrogens with zero attached hydrogens (tertiary/aromatic N) is 2. The smallest absolute Gasteiger partial charge is 0.234 e. The van der Waals surface area contributed by atoms with Crippen molar-refractivity contribution >= 4 is 36.9 Å². The third-order valence-corrected chi connectivity index (χ3v) is 4.42. The SMILES string of the molecule is [B]n1cccc1/C(CCN)=C1N=C(/C=C/c2ccc(NC(C)=O)cc2)C=C\1C. The van der Waals surface area contributed by atoms with E-state index in [9.17, 15) is 4.79 Å². The number of anilines is 1. The maximum atomic E-state index is 11.1. The van der Waals surface area contributed by atoms with Crippen LogP contribution in [0.15, 0.2) is 71.0 Å². The number of benzene rings is 1. The highest BCUT2D eigenvalue weighted by molar-refractivity contribution is 6.11. The number of rotatable bonds is 6. The number of carbonyl (C=O) groups is 1. The van der Waals surface area contributed by atoms with Crippen LogP contribution >= 0.6 is 0 Å². The summed E-state index contributed by atoms with van der Waals surface area (Å²) >= 11 is 0. The van der Waals surface area contributed by atoms with Gasteiger partial charge >= 0.3 is 0 Å². The van der Waals surface area contributed by atoms with Crippen molar-refractivity contribution in [1.82, 2.24) is 4.48 Å². The predicted molar refractivity (Wildman–Crippen MR) is 117 cm³/mol. The van der Waals surface area contributed by atoms with Crippen LogP contribution in [0.4, 0.5) is 5.69 Å². The number of aromatic nitrogens is 1. The van der Waals surface area contributed by atoms with Gasteiger partial charge in [0.05, 0.1) is 11.4 Å². The first-order valence-corrected chi connectivity index (χ1v) is 9.17. The molecule has 3 rings (SSSR count). The van der Waals surface area contributed by atoms with Gasteiger partial charge < -0.3 is 15.5 Å². The molecule has 140 valence electrons. The van der Waals surface area contributed by atoms with Gasteiger partial charge in [-0.3, -0.25) is 4.79 Å². The Bertz CT molecular complexity index is 994. The molecule has 0 saturated carbocycles. The number of nitrogens with two attached hydrogens (primary N) is 1. The van der Waals surface area contributed by atoms with Gasteiger partial charge in [0.1, 0.15) is 0 Å².